The molecule has 0 saturated heterocycles. The Hall–Kier alpha value is -3.14. The lowest BCUT2D eigenvalue weighted by atomic mass is 10.1. The Balaban J connectivity index is 1.92. The first-order valence-corrected chi connectivity index (χ1v) is 7.35. The van der Waals surface area contributed by atoms with E-state index < -0.39 is 0 Å². The molecule has 3 aromatic heterocycles. The van der Waals surface area contributed by atoms with E-state index in [0.717, 1.165) is 22.3 Å². The number of benzene rings is 1. The van der Waals surface area contributed by atoms with E-state index in [0.29, 0.717) is 11.2 Å². The third-order valence-electron chi connectivity index (χ3n) is 3.83. The molecular weight excluding hydrogens is 288 g/mol. The van der Waals surface area contributed by atoms with Crippen molar-refractivity contribution in [1.29, 1.82) is 0 Å². The molecule has 23 heavy (non-hydrogen) atoms. The molecule has 0 bridgehead atoms. The molecule has 0 amide bonds. The average Bonchev–Trinajstić information content (AvgIpc) is 3.21. The lowest BCUT2D eigenvalue weighted by Gasteiger charge is -2.04. The van der Waals surface area contributed by atoms with Gasteiger partial charge in [-0.2, -0.15) is 0 Å². The van der Waals surface area contributed by atoms with E-state index in [1.165, 1.54) is 0 Å². The summed E-state index contributed by atoms with van der Waals surface area (Å²) in [6, 6.07) is 15.1. The number of hydrogen-bond donors (Lipinski definition) is 0. The molecule has 0 aliphatic rings. The van der Waals surface area contributed by atoms with Crippen LogP contribution in [0.1, 0.15) is 15.9 Å². The van der Waals surface area contributed by atoms with E-state index in [1.54, 1.807) is 23.2 Å². The summed E-state index contributed by atoms with van der Waals surface area (Å²) in [5.74, 6) is 0.619. The second kappa shape index (κ2) is 5.25. The van der Waals surface area contributed by atoms with E-state index in [1.807, 2.05) is 55.5 Å². The molecule has 0 aliphatic heterocycles. The summed E-state index contributed by atoms with van der Waals surface area (Å²) in [5.41, 5.74) is 3.18. The average molecular weight is 302 g/mol. The van der Waals surface area contributed by atoms with Crippen LogP contribution in [0.15, 0.2) is 71.6 Å². The fourth-order valence-electron chi connectivity index (χ4n) is 2.76. The fourth-order valence-corrected chi connectivity index (χ4v) is 2.76. The van der Waals surface area contributed by atoms with Gasteiger partial charge in [-0.15, -0.1) is 0 Å². The van der Waals surface area contributed by atoms with Crippen molar-refractivity contribution in [2.24, 2.45) is 0 Å². The van der Waals surface area contributed by atoms with Crippen molar-refractivity contribution in [3.8, 4) is 11.3 Å². The molecule has 112 valence electrons. The highest BCUT2D eigenvalue weighted by Gasteiger charge is 2.18. The summed E-state index contributed by atoms with van der Waals surface area (Å²) in [4.78, 5) is 17.3. The van der Waals surface area contributed by atoms with Gasteiger partial charge in [0.1, 0.15) is 11.4 Å². The minimum atomic E-state index is -0.102. The SMILES string of the molecule is Cc1cccc(C(=O)n2cc(-c3ccco3)c3cccnc32)c1. The standard InChI is InChI=1S/C19H14N2O2/c1-13-5-2-6-14(11-13)19(22)21-12-16(17-8-4-10-23-17)15-7-3-9-20-18(15)21/h2-12H,1H3. The van der Waals surface area contributed by atoms with Gasteiger partial charge in [-0.25, -0.2) is 4.98 Å². The van der Waals surface area contributed by atoms with Crippen molar-refractivity contribution in [3.63, 3.8) is 0 Å². The number of rotatable bonds is 2. The third kappa shape index (κ3) is 2.25. The number of aromatic nitrogens is 2. The molecule has 0 radical (unpaired) electrons. The zero-order valence-electron chi connectivity index (χ0n) is 12.6. The van der Waals surface area contributed by atoms with E-state index >= 15 is 0 Å². The van der Waals surface area contributed by atoms with Gasteiger partial charge in [0.15, 0.2) is 0 Å². The van der Waals surface area contributed by atoms with Gasteiger partial charge < -0.3 is 4.42 Å². The second-order valence-electron chi connectivity index (χ2n) is 5.44. The topological polar surface area (TPSA) is 48.0 Å². The molecule has 0 spiro atoms. The molecule has 4 heteroatoms. The number of furan rings is 1. The first-order valence-electron chi connectivity index (χ1n) is 7.35. The van der Waals surface area contributed by atoms with E-state index in [9.17, 15) is 4.79 Å². The number of pyridine rings is 1. The van der Waals surface area contributed by atoms with Gasteiger partial charge in [-0.05, 0) is 43.3 Å². The minimum absolute atomic E-state index is 0.102. The van der Waals surface area contributed by atoms with Gasteiger partial charge >= 0.3 is 0 Å². The normalized spacial score (nSPS) is 11.0. The van der Waals surface area contributed by atoms with Crippen LogP contribution in [0.3, 0.4) is 0 Å². The molecule has 4 aromatic rings. The number of nitrogens with zero attached hydrogens (tertiary/aromatic N) is 2. The van der Waals surface area contributed by atoms with E-state index in [4.69, 9.17) is 4.42 Å². The zero-order valence-corrected chi connectivity index (χ0v) is 12.6. The van der Waals surface area contributed by atoms with Crippen LogP contribution in [0.2, 0.25) is 0 Å². The minimum Gasteiger partial charge on any atom is -0.464 e. The largest absolute Gasteiger partial charge is 0.464 e. The lowest BCUT2D eigenvalue weighted by Crippen LogP contribution is -2.11. The summed E-state index contributed by atoms with van der Waals surface area (Å²) in [6.07, 6.45) is 5.10. The van der Waals surface area contributed by atoms with Crippen LogP contribution < -0.4 is 0 Å². The number of hydrogen-bond acceptors (Lipinski definition) is 3. The van der Waals surface area contributed by atoms with Gasteiger partial charge in [0, 0.05) is 28.9 Å². The Bertz CT molecular complexity index is 997. The number of fused-ring (bicyclic) bond motifs is 1. The second-order valence-corrected chi connectivity index (χ2v) is 5.44. The van der Waals surface area contributed by atoms with Gasteiger partial charge in [0.05, 0.1) is 6.26 Å². The molecular formula is C19H14N2O2. The van der Waals surface area contributed by atoms with E-state index in [-0.39, 0.29) is 5.91 Å². The molecule has 3 heterocycles. The zero-order chi connectivity index (χ0) is 15.8. The monoisotopic (exact) mass is 302 g/mol. The summed E-state index contributed by atoms with van der Waals surface area (Å²) < 4.78 is 7.08. The molecule has 0 N–H and O–H groups in total. The fraction of sp³-hybridized carbons (Fsp3) is 0.0526. The maximum Gasteiger partial charge on any atom is 0.263 e. The third-order valence-corrected chi connectivity index (χ3v) is 3.83. The summed E-state index contributed by atoms with van der Waals surface area (Å²) in [5, 5.41) is 0.892. The highest BCUT2D eigenvalue weighted by Crippen LogP contribution is 2.30. The van der Waals surface area contributed by atoms with Crippen molar-refractivity contribution in [1.82, 2.24) is 9.55 Å². The first kappa shape index (κ1) is 13.5. The van der Waals surface area contributed by atoms with Crippen LogP contribution in [0.25, 0.3) is 22.4 Å². The Morgan fingerprint density at radius 2 is 2.04 bits per heavy atom. The summed E-state index contributed by atoms with van der Waals surface area (Å²) in [6.45, 7) is 1.97. The number of carbonyl (C=O) groups is 1. The van der Waals surface area contributed by atoms with Crippen LogP contribution in [0.5, 0.6) is 0 Å². The first-order chi connectivity index (χ1) is 11.2. The van der Waals surface area contributed by atoms with Crippen LogP contribution >= 0.6 is 0 Å². The Labute approximate surface area is 133 Å². The van der Waals surface area contributed by atoms with Crippen LogP contribution in [0.4, 0.5) is 0 Å². The molecule has 4 rings (SSSR count). The van der Waals surface area contributed by atoms with Gasteiger partial charge in [0.2, 0.25) is 0 Å². The van der Waals surface area contributed by atoms with Crippen molar-refractivity contribution >= 4 is 16.9 Å². The molecule has 1 aromatic carbocycles. The van der Waals surface area contributed by atoms with Gasteiger partial charge in [-0.1, -0.05) is 17.7 Å². The number of aryl methyl sites for hydroxylation is 1. The Morgan fingerprint density at radius 3 is 2.83 bits per heavy atom. The smallest absolute Gasteiger partial charge is 0.263 e. The molecule has 0 saturated carbocycles. The van der Waals surface area contributed by atoms with Crippen molar-refractivity contribution in [3.05, 3.63) is 78.3 Å². The van der Waals surface area contributed by atoms with E-state index in [2.05, 4.69) is 4.98 Å². The highest BCUT2D eigenvalue weighted by molar-refractivity contribution is 6.05. The number of carbonyl (C=O) groups excluding carboxylic acids is 1. The van der Waals surface area contributed by atoms with Gasteiger partial charge in [0.25, 0.3) is 5.91 Å². The Kier molecular flexibility index (Phi) is 3.08. The lowest BCUT2D eigenvalue weighted by molar-refractivity contribution is 0.0964. The van der Waals surface area contributed by atoms with Crippen LogP contribution in [-0.4, -0.2) is 15.5 Å². The summed E-state index contributed by atoms with van der Waals surface area (Å²) in [7, 11) is 0. The molecule has 0 fully saturated rings. The quantitative estimate of drug-likeness (QED) is 0.555. The van der Waals surface area contributed by atoms with Gasteiger partial charge in [-0.3, -0.25) is 9.36 Å². The highest BCUT2D eigenvalue weighted by atomic mass is 16.3. The maximum absolute atomic E-state index is 12.9. The van der Waals surface area contributed by atoms with Crippen molar-refractivity contribution in [2.45, 2.75) is 6.92 Å². The van der Waals surface area contributed by atoms with Crippen molar-refractivity contribution in [2.75, 3.05) is 0 Å². The maximum atomic E-state index is 12.9. The molecule has 0 atom stereocenters. The molecule has 4 nitrogen and oxygen atoms in total. The molecule has 0 unspecified atom stereocenters. The van der Waals surface area contributed by atoms with Crippen LogP contribution in [-0.2, 0) is 0 Å². The van der Waals surface area contributed by atoms with Crippen molar-refractivity contribution < 1.29 is 9.21 Å². The Morgan fingerprint density at radius 1 is 1.13 bits per heavy atom. The molecule has 0 aliphatic carbocycles. The van der Waals surface area contributed by atoms with Crippen LogP contribution in [0, 0.1) is 6.92 Å². The summed E-state index contributed by atoms with van der Waals surface area (Å²) >= 11 is 0. The predicted molar refractivity (Wildman–Crippen MR) is 88.3 cm³/mol. The predicted octanol–water partition coefficient (Wildman–Crippen LogP) is 4.29.